The molecule has 0 aromatic heterocycles. The normalized spacial score (nSPS) is 11.1. The molecule has 0 unspecified atom stereocenters. The van der Waals surface area contributed by atoms with E-state index in [9.17, 15) is 17.6 Å². The third-order valence-corrected chi connectivity index (χ3v) is 4.60. The van der Waals surface area contributed by atoms with Gasteiger partial charge in [0.2, 0.25) is 0 Å². The molecular weight excluding hydrogens is 340 g/mol. The quantitative estimate of drug-likeness (QED) is 0.441. The molecule has 4 heteroatoms. The summed E-state index contributed by atoms with van der Waals surface area (Å²) in [5, 5.41) is 0. The van der Waals surface area contributed by atoms with Crippen LogP contribution in [-0.4, -0.2) is 0 Å². The van der Waals surface area contributed by atoms with E-state index in [-0.39, 0.29) is 22.3 Å². The molecule has 0 aliphatic rings. The third kappa shape index (κ3) is 2.90. The van der Waals surface area contributed by atoms with Crippen molar-refractivity contribution in [3.8, 4) is 22.3 Å². The largest absolute Gasteiger partial charge is 0.203 e. The van der Waals surface area contributed by atoms with E-state index in [1.165, 1.54) is 19.1 Å². The molecule has 0 amide bonds. The maximum absolute atomic E-state index is 14.9. The summed E-state index contributed by atoms with van der Waals surface area (Å²) in [4.78, 5) is 0. The van der Waals surface area contributed by atoms with Crippen LogP contribution in [0.4, 0.5) is 17.6 Å². The molecule has 0 aliphatic carbocycles. The second kappa shape index (κ2) is 6.60. The average Bonchev–Trinajstić information content (AvgIpc) is 2.60. The summed E-state index contributed by atoms with van der Waals surface area (Å²) < 4.78 is 58.2. The predicted octanol–water partition coefficient (Wildman–Crippen LogP) is 6.81. The van der Waals surface area contributed by atoms with Gasteiger partial charge >= 0.3 is 0 Å². The standard InChI is InChI=1S/C22H18F4/c1-11-5-7-15(8-6-11)16-10-13(3)18(22(26)20(16)24)17-12(2)9-14(4)19(23)21(17)25/h5-10H,1-4H3. The summed E-state index contributed by atoms with van der Waals surface area (Å²) in [6.45, 7) is 6.44. The summed E-state index contributed by atoms with van der Waals surface area (Å²) >= 11 is 0. The first kappa shape index (κ1) is 18.2. The molecule has 0 saturated heterocycles. The van der Waals surface area contributed by atoms with E-state index in [2.05, 4.69) is 0 Å². The summed E-state index contributed by atoms with van der Waals surface area (Å²) in [6.07, 6.45) is 0. The van der Waals surface area contributed by atoms with Gasteiger partial charge in [-0.05, 0) is 56.0 Å². The number of hydrogen-bond acceptors (Lipinski definition) is 0. The smallest absolute Gasteiger partial charge is 0.167 e. The molecule has 0 saturated carbocycles. The van der Waals surface area contributed by atoms with Gasteiger partial charge in [-0.3, -0.25) is 0 Å². The third-order valence-electron chi connectivity index (χ3n) is 4.60. The van der Waals surface area contributed by atoms with E-state index in [4.69, 9.17) is 0 Å². The average molecular weight is 358 g/mol. The zero-order valence-corrected chi connectivity index (χ0v) is 15.0. The monoisotopic (exact) mass is 358 g/mol. The van der Waals surface area contributed by atoms with Crippen LogP contribution < -0.4 is 0 Å². The Morgan fingerprint density at radius 3 is 1.62 bits per heavy atom. The zero-order chi connectivity index (χ0) is 19.2. The first-order valence-corrected chi connectivity index (χ1v) is 8.23. The maximum atomic E-state index is 14.9. The fourth-order valence-electron chi connectivity index (χ4n) is 3.23. The van der Waals surface area contributed by atoms with Gasteiger partial charge in [0, 0.05) is 16.7 Å². The van der Waals surface area contributed by atoms with Crippen LogP contribution in [0.1, 0.15) is 22.3 Å². The lowest BCUT2D eigenvalue weighted by Crippen LogP contribution is -2.03. The minimum absolute atomic E-state index is 0.0920. The second-order valence-electron chi connectivity index (χ2n) is 6.62. The molecule has 0 radical (unpaired) electrons. The van der Waals surface area contributed by atoms with Crippen LogP contribution in [0.15, 0.2) is 36.4 Å². The van der Waals surface area contributed by atoms with E-state index in [1.54, 1.807) is 38.1 Å². The second-order valence-corrected chi connectivity index (χ2v) is 6.62. The molecule has 134 valence electrons. The minimum Gasteiger partial charge on any atom is -0.203 e. The lowest BCUT2D eigenvalue weighted by molar-refractivity contribution is 0.498. The number of hydrogen-bond donors (Lipinski definition) is 0. The molecule has 3 aromatic carbocycles. The summed E-state index contributed by atoms with van der Waals surface area (Å²) in [5.41, 5.74) is 1.94. The van der Waals surface area contributed by atoms with Gasteiger partial charge in [-0.15, -0.1) is 0 Å². The van der Waals surface area contributed by atoms with Crippen molar-refractivity contribution in [2.24, 2.45) is 0 Å². The molecule has 0 bridgehead atoms. The Morgan fingerprint density at radius 2 is 1.04 bits per heavy atom. The Morgan fingerprint density at radius 1 is 0.538 bits per heavy atom. The van der Waals surface area contributed by atoms with Crippen LogP contribution >= 0.6 is 0 Å². The van der Waals surface area contributed by atoms with Crippen molar-refractivity contribution in [2.75, 3.05) is 0 Å². The lowest BCUT2D eigenvalue weighted by Gasteiger charge is -2.16. The van der Waals surface area contributed by atoms with E-state index >= 15 is 0 Å². The van der Waals surface area contributed by atoms with Crippen LogP contribution in [0.2, 0.25) is 0 Å². The highest BCUT2D eigenvalue weighted by atomic mass is 19.2. The molecule has 0 nitrogen and oxygen atoms in total. The van der Waals surface area contributed by atoms with E-state index < -0.39 is 23.3 Å². The number of benzene rings is 3. The molecule has 0 heterocycles. The Labute approximate surface area is 150 Å². The van der Waals surface area contributed by atoms with E-state index in [0.717, 1.165) is 5.56 Å². The fourth-order valence-corrected chi connectivity index (χ4v) is 3.23. The number of rotatable bonds is 2. The SMILES string of the molecule is Cc1ccc(-c2cc(C)c(-c3c(C)cc(C)c(F)c3F)c(F)c2F)cc1. The highest BCUT2D eigenvalue weighted by molar-refractivity contribution is 5.77. The lowest BCUT2D eigenvalue weighted by atomic mass is 9.90. The van der Waals surface area contributed by atoms with E-state index in [1.807, 2.05) is 6.92 Å². The Bertz CT molecular complexity index is 1000. The number of aryl methyl sites for hydroxylation is 4. The summed E-state index contributed by atoms with van der Waals surface area (Å²) in [5.74, 6) is -4.46. The van der Waals surface area contributed by atoms with Crippen LogP contribution in [0.5, 0.6) is 0 Å². The van der Waals surface area contributed by atoms with Gasteiger partial charge in [0.05, 0.1) is 0 Å². The summed E-state index contributed by atoms with van der Waals surface area (Å²) in [6, 6.07) is 9.89. The van der Waals surface area contributed by atoms with Crippen LogP contribution in [0, 0.1) is 51.0 Å². The molecule has 3 rings (SSSR count). The molecule has 0 spiro atoms. The Hall–Kier alpha value is -2.62. The van der Waals surface area contributed by atoms with Crippen molar-refractivity contribution < 1.29 is 17.6 Å². The topological polar surface area (TPSA) is 0 Å². The maximum Gasteiger partial charge on any atom is 0.167 e. The molecule has 3 aromatic rings. The zero-order valence-electron chi connectivity index (χ0n) is 15.0. The summed E-state index contributed by atoms with van der Waals surface area (Å²) in [7, 11) is 0. The van der Waals surface area contributed by atoms with Crippen molar-refractivity contribution in [2.45, 2.75) is 27.7 Å². The van der Waals surface area contributed by atoms with Gasteiger partial charge in [0.25, 0.3) is 0 Å². The molecule has 26 heavy (non-hydrogen) atoms. The van der Waals surface area contributed by atoms with Crippen molar-refractivity contribution in [3.63, 3.8) is 0 Å². The molecule has 0 fully saturated rings. The Kier molecular flexibility index (Phi) is 4.61. The van der Waals surface area contributed by atoms with Gasteiger partial charge < -0.3 is 0 Å². The van der Waals surface area contributed by atoms with Crippen molar-refractivity contribution >= 4 is 0 Å². The highest BCUT2D eigenvalue weighted by Gasteiger charge is 2.24. The van der Waals surface area contributed by atoms with E-state index in [0.29, 0.717) is 16.7 Å². The van der Waals surface area contributed by atoms with Crippen LogP contribution in [-0.2, 0) is 0 Å². The predicted molar refractivity (Wildman–Crippen MR) is 96.1 cm³/mol. The van der Waals surface area contributed by atoms with Crippen LogP contribution in [0.25, 0.3) is 22.3 Å². The molecular formula is C22H18F4. The first-order valence-electron chi connectivity index (χ1n) is 8.23. The first-order chi connectivity index (χ1) is 12.2. The highest BCUT2D eigenvalue weighted by Crippen LogP contribution is 2.38. The fraction of sp³-hybridized carbons (Fsp3) is 0.182. The molecule has 0 N–H and O–H groups in total. The van der Waals surface area contributed by atoms with Crippen molar-refractivity contribution in [1.82, 2.24) is 0 Å². The van der Waals surface area contributed by atoms with Crippen LogP contribution in [0.3, 0.4) is 0 Å². The van der Waals surface area contributed by atoms with Crippen molar-refractivity contribution in [1.29, 1.82) is 0 Å². The van der Waals surface area contributed by atoms with Crippen molar-refractivity contribution in [3.05, 3.63) is 81.9 Å². The van der Waals surface area contributed by atoms with Gasteiger partial charge in [-0.1, -0.05) is 35.9 Å². The van der Waals surface area contributed by atoms with Gasteiger partial charge in [-0.25, -0.2) is 17.6 Å². The Balaban J connectivity index is 2.28. The molecule has 0 atom stereocenters. The minimum atomic E-state index is -1.18. The van der Waals surface area contributed by atoms with Gasteiger partial charge in [0.15, 0.2) is 23.3 Å². The van der Waals surface area contributed by atoms with Gasteiger partial charge in [-0.2, -0.15) is 0 Å². The molecule has 0 aliphatic heterocycles. The number of halogens is 4. The van der Waals surface area contributed by atoms with Gasteiger partial charge in [0.1, 0.15) is 0 Å².